The second-order valence-electron chi connectivity index (χ2n) is 8.31. The number of hydrogen-bond acceptors (Lipinski definition) is 2. The number of benzene rings is 2. The number of carbonyl (C=O) groups excluding carboxylic acids is 1. The minimum absolute atomic E-state index is 0.00176. The first-order chi connectivity index (χ1) is 13.9. The Morgan fingerprint density at radius 1 is 1.10 bits per heavy atom. The Bertz CT molecular complexity index is 922. The minimum atomic E-state index is -0.835. The van der Waals surface area contributed by atoms with Crippen molar-refractivity contribution in [2.75, 3.05) is 20.1 Å². The molecule has 1 atom stereocenters. The minimum Gasteiger partial charge on any atom is -0.359 e. The van der Waals surface area contributed by atoms with Crippen molar-refractivity contribution in [2.24, 2.45) is 0 Å². The summed E-state index contributed by atoms with van der Waals surface area (Å²) in [4.78, 5) is 14.2. The zero-order valence-electron chi connectivity index (χ0n) is 16.5. The van der Waals surface area contributed by atoms with Gasteiger partial charge in [0.15, 0.2) is 11.6 Å². The van der Waals surface area contributed by atoms with Crippen LogP contribution in [0.15, 0.2) is 36.4 Å². The van der Waals surface area contributed by atoms with E-state index in [4.69, 9.17) is 0 Å². The normalized spacial score (nSPS) is 20.6. The van der Waals surface area contributed by atoms with Gasteiger partial charge in [-0.2, -0.15) is 0 Å². The van der Waals surface area contributed by atoms with Gasteiger partial charge in [-0.05, 0) is 84.6 Å². The summed E-state index contributed by atoms with van der Waals surface area (Å²) in [6.07, 6.45) is 2.97. The lowest BCUT2D eigenvalue weighted by Crippen LogP contribution is -2.41. The number of likely N-dealkylation sites (tertiary alicyclic amines) is 1. The lowest BCUT2D eigenvalue weighted by molar-refractivity contribution is -0.121. The molecule has 0 saturated carbocycles. The van der Waals surface area contributed by atoms with E-state index >= 15 is 0 Å². The van der Waals surface area contributed by atoms with Gasteiger partial charge >= 0.3 is 0 Å². The highest BCUT2D eigenvalue weighted by Crippen LogP contribution is 2.53. The van der Waals surface area contributed by atoms with Crippen LogP contribution in [0.5, 0.6) is 0 Å². The van der Waals surface area contributed by atoms with Gasteiger partial charge in [0.2, 0.25) is 5.91 Å². The summed E-state index contributed by atoms with van der Waals surface area (Å²) in [7, 11) is 1.63. The van der Waals surface area contributed by atoms with Crippen molar-refractivity contribution in [1.82, 2.24) is 10.2 Å². The molecule has 1 N–H and O–H groups in total. The molecule has 0 radical (unpaired) electrons. The molecule has 6 heteroatoms. The van der Waals surface area contributed by atoms with Gasteiger partial charge in [0.25, 0.3) is 0 Å². The van der Waals surface area contributed by atoms with Crippen LogP contribution in [0.1, 0.15) is 48.3 Å². The Hall–Kier alpha value is -2.34. The fourth-order valence-electron chi connectivity index (χ4n) is 5.05. The fraction of sp³-hybridized carbons (Fsp3) is 0.435. The first kappa shape index (κ1) is 20.0. The Morgan fingerprint density at radius 2 is 1.86 bits per heavy atom. The smallest absolute Gasteiger partial charge is 0.220 e. The molecule has 2 aromatic rings. The number of amides is 1. The predicted molar refractivity (Wildman–Crippen MR) is 105 cm³/mol. The molecule has 0 aromatic heterocycles. The Balaban J connectivity index is 1.50. The predicted octanol–water partition coefficient (Wildman–Crippen LogP) is 4.26. The van der Waals surface area contributed by atoms with Crippen LogP contribution < -0.4 is 5.32 Å². The first-order valence-corrected chi connectivity index (χ1v) is 10.1. The number of halogens is 3. The highest BCUT2D eigenvalue weighted by molar-refractivity contribution is 5.77. The molecule has 1 unspecified atom stereocenters. The second kappa shape index (κ2) is 7.82. The van der Waals surface area contributed by atoms with Crippen LogP contribution in [0.2, 0.25) is 0 Å². The molecule has 2 aliphatic rings. The quantitative estimate of drug-likeness (QED) is 0.829. The standard InChI is InChI=1S/C23H25F3N2O/c1-27-22(29)11-16-13-23(19-12-17(24)3-4-18(16)19)6-8-28(9-7-23)14-15-2-5-20(25)21(26)10-15/h2-5,10,12,16H,6-9,11,13-14H2,1H3,(H,27,29). The van der Waals surface area contributed by atoms with Crippen molar-refractivity contribution in [3.8, 4) is 0 Å². The van der Waals surface area contributed by atoms with E-state index in [9.17, 15) is 18.0 Å². The molecule has 29 heavy (non-hydrogen) atoms. The highest BCUT2D eigenvalue weighted by atomic mass is 19.2. The third kappa shape index (κ3) is 3.90. The average molecular weight is 402 g/mol. The van der Waals surface area contributed by atoms with Crippen LogP contribution in [0.25, 0.3) is 0 Å². The van der Waals surface area contributed by atoms with Crippen LogP contribution in [0.4, 0.5) is 13.2 Å². The van der Waals surface area contributed by atoms with Crippen molar-refractivity contribution in [3.63, 3.8) is 0 Å². The van der Waals surface area contributed by atoms with Crippen molar-refractivity contribution in [2.45, 2.75) is 43.6 Å². The molecule has 2 aromatic carbocycles. The summed E-state index contributed by atoms with van der Waals surface area (Å²) < 4.78 is 40.7. The SMILES string of the molecule is CNC(=O)CC1CC2(CCN(Cc3ccc(F)c(F)c3)CC2)c2cc(F)ccc21. The fourth-order valence-corrected chi connectivity index (χ4v) is 5.05. The molecule has 1 spiro atoms. The maximum absolute atomic E-state index is 14.0. The van der Waals surface area contributed by atoms with Gasteiger partial charge in [-0.15, -0.1) is 0 Å². The molecule has 1 fully saturated rings. The van der Waals surface area contributed by atoms with Crippen LogP contribution in [-0.4, -0.2) is 30.9 Å². The van der Waals surface area contributed by atoms with E-state index in [1.807, 2.05) is 6.07 Å². The Labute approximate surface area is 168 Å². The number of nitrogens with zero attached hydrogens (tertiary/aromatic N) is 1. The number of rotatable bonds is 4. The molecule has 4 rings (SSSR count). The van der Waals surface area contributed by atoms with Gasteiger partial charge in [0, 0.05) is 20.0 Å². The van der Waals surface area contributed by atoms with Crippen LogP contribution in [0, 0.1) is 17.5 Å². The van der Waals surface area contributed by atoms with E-state index < -0.39 is 11.6 Å². The first-order valence-electron chi connectivity index (χ1n) is 10.1. The number of nitrogens with one attached hydrogen (secondary N) is 1. The average Bonchev–Trinajstić information content (AvgIpc) is 2.99. The third-order valence-electron chi connectivity index (χ3n) is 6.58. The Kier molecular flexibility index (Phi) is 5.38. The van der Waals surface area contributed by atoms with E-state index in [1.165, 1.54) is 12.1 Å². The maximum atomic E-state index is 14.0. The van der Waals surface area contributed by atoms with Crippen LogP contribution in [-0.2, 0) is 16.8 Å². The summed E-state index contributed by atoms with van der Waals surface area (Å²) in [5.74, 6) is -1.80. The summed E-state index contributed by atoms with van der Waals surface area (Å²) in [5, 5.41) is 2.69. The lowest BCUT2D eigenvalue weighted by Gasteiger charge is -2.40. The molecule has 154 valence electrons. The number of hydrogen-bond donors (Lipinski definition) is 1. The van der Waals surface area contributed by atoms with E-state index in [0.717, 1.165) is 55.1 Å². The van der Waals surface area contributed by atoms with E-state index in [2.05, 4.69) is 10.2 Å². The molecule has 0 bridgehead atoms. The van der Waals surface area contributed by atoms with Crippen molar-refractivity contribution in [3.05, 3.63) is 70.5 Å². The van der Waals surface area contributed by atoms with Gasteiger partial charge in [0.1, 0.15) is 5.82 Å². The van der Waals surface area contributed by atoms with Crippen LogP contribution >= 0.6 is 0 Å². The molecule has 3 nitrogen and oxygen atoms in total. The lowest BCUT2D eigenvalue weighted by atomic mass is 9.73. The van der Waals surface area contributed by atoms with Gasteiger partial charge in [-0.1, -0.05) is 12.1 Å². The summed E-state index contributed by atoms with van der Waals surface area (Å²) in [5.41, 5.74) is 2.75. The molecular weight excluding hydrogens is 377 g/mol. The molecular formula is C23H25F3N2O. The van der Waals surface area contributed by atoms with Crippen LogP contribution in [0.3, 0.4) is 0 Å². The molecule has 1 amide bonds. The molecule has 1 saturated heterocycles. The third-order valence-corrected chi connectivity index (χ3v) is 6.58. The van der Waals surface area contributed by atoms with Gasteiger partial charge < -0.3 is 5.32 Å². The zero-order valence-corrected chi connectivity index (χ0v) is 16.5. The maximum Gasteiger partial charge on any atom is 0.220 e. The molecule has 1 aliphatic carbocycles. The summed E-state index contributed by atoms with van der Waals surface area (Å²) in [6.45, 7) is 2.15. The van der Waals surface area contributed by atoms with E-state index in [0.29, 0.717) is 13.0 Å². The van der Waals surface area contributed by atoms with Crippen molar-refractivity contribution >= 4 is 5.91 Å². The van der Waals surface area contributed by atoms with Gasteiger partial charge in [0.05, 0.1) is 0 Å². The number of fused-ring (bicyclic) bond motifs is 2. The monoisotopic (exact) mass is 402 g/mol. The Morgan fingerprint density at radius 3 is 2.55 bits per heavy atom. The molecule has 1 heterocycles. The van der Waals surface area contributed by atoms with Crippen molar-refractivity contribution < 1.29 is 18.0 Å². The number of carbonyl (C=O) groups is 1. The van der Waals surface area contributed by atoms with E-state index in [1.54, 1.807) is 19.2 Å². The van der Waals surface area contributed by atoms with E-state index in [-0.39, 0.29) is 23.1 Å². The summed E-state index contributed by atoms with van der Waals surface area (Å²) >= 11 is 0. The van der Waals surface area contributed by atoms with Crippen molar-refractivity contribution in [1.29, 1.82) is 0 Å². The molecule has 1 aliphatic heterocycles. The van der Waals surface area contributed by atoms with Gasteiger partial charge in [-0.25, -0.2) is 13.2 Å². The van der Waals surface area contributed by atoms with Gasteiger partial charge in [-0.3, -0.25) is 9.69 Å². The summed E-state index contributed by atoms with van der Waals surface area (Å²) in [6, 6.07) is 8.98. The number of piperidine rings is 1. The highest BCUT2D eigenvalue weighted by Gasteiger charge is 2.45. The zero-order chi connectivity index (χ0) is 20.6. The largest absolute Gasteiger partial charge is 0.359 e. The second-order valence-corrected chi connectivity index (χ2v) is 8.31. The topological polar surface area (TPSA) is 32.3 Å².